The molecule has 0 amide bonds. The average Bonchev–Trinajstić information content (AvgIpc) is 3.09. The molecule has 1 aliphatic heterocycles. The van der Waals surface area contributed by atoms with E-state index in [4.69, 9.17) is 9.84 Å². The number of fused-ring (bicyclic) bond motifs is 1. The summed E-state index contributed by atoms with van der Waals surface area (Å²) in [6, 6.07) is 0. The van der Waals surface area contributed by atoms with E-state index in [2.05, 4.69) is 15.0 Å². The highest BCUT2D eigenvalue weighted by Gasteiger charge is 2.44. The number of aliphatic hydroxyl groups is 4. The van der Waals surface area contributed by atoms with Gasteiger partial charge in [0.05, 0.1) is 19.5 Å². The number of imidazole rings is 1. The third-order valence-corrected chi connectivity index (χ3v) is 3.93. The normalized spacial score (nSPS) is 27.7. The first-order chi connectivity index (χ1) is 11.1. The van der Waals surface area contributed by atoms with E-state index in [1.54, 1.807) is 11.9 Å². The number of hydrogen-bond donors (Lipinski definition) is 4. The van der Waals surface area contributed by atoms with Crippen LogP contribution in [0.25, 0.3) is 11.2 Å². The van der Waals surface area contributed by atoms with Crippen LogP contribution < -0.4 is 4.90 Å². The van der Waals surface area contributed by atoms with Gasteiger partial charge in [0.1, 0.15) is 24.6 Å². The monoisotopic (exact) mass is 325 g/mol. The molecule has 0 aromatic carbocycles. The second-order valence-electron chi connectivity index (χ2n) is 5.40. The fourth-order valence-corrected chi connectivity index (χ4v) is 2.67. The summed E-state index contributed by atoms with van der Waals surface area (Å²) < 4.78 is 6.99. The molecule has 23 heavy (non-hydrogen) atoms. The molecule has 4 atom stereocenters. The molecule has 0 bridgehead atoms. The molecule has 1 aliphatic rings. The number of nitrogens with zero attached hydrogens (tertiary/aromatic N) is 5. The number of ether oxygens (including phenoxy) is 1. The molecular weight excluding hydrogens is 306 g/mol. The van der Waals surface area contributed by atoms with Crippen LogP contribution in [-0.4, -0.2) is 85.1 Å². The molecule has 0 aliphatic carbocycles. The molecule has 10 heteroatoms. The Morgan fingerprint density at radius 1 is 1.22 bits per heavy atom. The molecule has 0 spiro atoms. The van der Waals surface area contributed by atoms with Crippen LogP contribution in [-0.2, 0) is 4.74 Å². The van der Waals surface area contributed by atoms with Gasteiger partial charge in [-0.2, -0.15) is 0 Å². The Kier molecular flexibility index (Phi) is 4.41. The summed E-state index contributed by atoms with van der Waals surface area (Å²) in [5.74, 6) is 0.537. The zero-order chi connectivity index (χ0) is 16.6. The minimum absolute atomic E-state index is 0.0302. The molecule has 0 radical (unpaired) electrons. The van der Waals surface area contributed by atoms with Gasteiger partial charge in [0.2, 0.25) is 0 Å². The van der Waals surface area contributed by atoms with Crippen molar-refractivity contribution in [3.63, 3.8) is 0 Å². The van der Waals surface area contributed by atoms with Crippen molar-refractivity contribution in [3.8, 4) is 0 Å². The highest BCUT2D eigenvalue weighted by molar-refractivity contribution is 5.83. The maximum Gasteiger partial charge on any atom is 0.167 e. The summed E-state index contributed by atoms with van der Waals surface area (Å²) in [6.45, 7) is -0.0504. The number of aliphatic hydroxyl groups excluding tert-OH is 4. The van der Waals surface area contributed by atoms with Crippen LogP contribution in [0.2, 0.25) is 0 Å². The zero-order valence-corrected chi connectivity index (χ0v) is 12.5. The van der Waals surface area contributed by atoms with Crippen LogP contribution in [0.15, 0.2) is 12.7 Å². The van der Waals surface area contributed by atoms with E-state index in [0.29, 0.717) is 23.5 Å². The Morgan fingerprint density at radius 3 is 2.65 bits per heavy atom. The van der Waals surface area contributed by atoms with Crippen molar-refractivity contribution in [2.75, 3.05) is 31.7 Å². The summed E-state index contributed by atoms with van der Waals surface area (Å²) in [7, 11) is 1.77. The second kappa shape index (κ2) is 6.34. The van der Waals surface area contributed by atoms with Gasteiger partial charge in [-0.1, -0.05) is 0 Å². The van der Waals surface area contributed by atoms with Crippen LogP contribution in [0.3, 0.4) is 0 Å². The van der Waals surface area contributed by atoms with E-state index < -0.39 is 31.1 Å². The fraction of sp³-hybridized carbons (Fsp3) is 0.615. The lowest BCUT2D eigenvalue weighted by atomic mass is 10.1. The summed E-state index contributed by atoms with van der Waals surface area (Å²) in [4.78, 5) is 14.3. The molecule has 4 N–H and O–H groups in total. The van der Waals surface area contributed by atoms with Crippen LogP contribution in [0.4, 0.5) is 5.82 Å². The predicted octanol–water partition coefficient (Wildman–Crippen LogP) is -2.13. The van der Waals surface area contributed by atoms with Crippen molar-refractivity contribution in [2.24, 2.45) is 0 Å². The average molecular weight is 325 g/mol. The molecule has 10 nitrogen and oxygen atoms in total. The van der Waals surface area contributed by atoms with Gasteiger partial charge in [0.25, 0.3) is 0 Å². The first-order valence-electron chi connectivity index (χ1n) is 7.20. The molecule has 2 aromatic rings. The largest absolute Gasteiger partial charge is 0.395 e. The zero-order valence-electron chi connectivity index (χ0n) is 12.5. The Balaban J connectivity index is 1.99. The topological polar surface area (TPSA) is 137 Å². The van der Waals surface area contributed by atoms with Crippen molar-refractivity contribution < 1.29 is 25.2 Å². The Labute approximate surface area is 131 Å². The first-order valence-corrected chi connectivity index (χ1v) is 7.20. The second-order valence-corrected chi connectivity index (χ2v) is 5.40. The van der Waals surface area contributed by atoms with Gasteiger partial charge < -0.3 is 30.1 Å². The Bertz CT molecular complexity index is 680. The Hall–Kier alpha value is -1.85. The van der Waals surface area contributed by atoms with Crippen molar-refractivity contribution in [1.82, 2.24) is 19.5 Å². The van der Waals surface area contributed by atoms with E-state index >= 15 is 0 Å². The third-order valence-electron chi connectivity index (χ3n) is 3.93. The smallest absolute Gasteiger partial charge is 0.167 e. The number of anilines is 1. The third kappa shape index (κ3) is 2.64. The van der Waals surface area contributed by atoms with Gasteiger partial charge in [0, 0.05) is 13.6 Å². The van der Waals surface area contributed by atoms with Gasteiger partial charge >= 0.3 is 0 Å². The first kappa shape index (κ1) is 16.0. The molecule has 3 rings (SSSR count). The van der Waals surface area contributed by atoms with Gasteiger partial charge in [-0.25, -0.2) is 15.0 Å². The van der Waals surface area contributed by atoms with Crippen LogP contribution >= 0.6 is 0 Å². The minimum atomic E-state index is -1.21. The lowest BCUT2D eigenvalue weighted by Crippen LogP contribution is -2.33. The molecule has 3 heterocycles. The van der Waals surface area contributed by atoms with Crippen LogP contribution in [0, 0.1) is 0 Å². The molecule has 4 unspecified atom stereocenters. The number of aromatic nitrogens is 4. The van der Waals surface area contributed by atoms with E-state index in [0.717, 1.165) is 0 Å². The van der Waals surface area contributed by atoms with Crippen LogP contribution in [0.1, 0.15) is 6.23 Å². The quantitative estimate of drug-likeness (QED) is 0.485. The number of likely N-dealkylation sites (N-methyl/N-ethyl adjacent to an activating group) is 1. The van der Waals surface area contributed by atoms with Crippen molar-refractivity contribution in [3.05, 3.63) is 12.7 Å². The molecule has 1 fully saturated rings. The highest BCUT2D eigenvalue weighted by atomic mass is 16.6. The SMILES string of the molecule is CN(CCO)c1ncnc2c1ncn2C1OC(CO)C(O)C1O. The molecule has 0 saturated carbocycles. The van der Waals surface area contributed by atoms with E-state index in [9.17, 15) is 15.3 Å². The van der Waals surface area contributed by atoms with E-state index in [1.807, 2.05) is 0 Å². The fourth-order valence-electron chi connectivity index (χ4n) is 2.67. The molecule has 126 valence electrons. The van der Waals surface area contributed by atoms with Crippen molar-refractivity contribution in [1.29, 1.82) is 0 Å². The lowest BCUT2D eigenvalue weighted by molar-refractivity contribution is -0.0511. The predicted molar refractivity (Wildman–Crippen MR) is 78.7 cm³/mol. The van der Waals surface area contributed by atoms with Gasteiger partial charge in [-0.3, -0.25) is 4.57 Å². The maximum absolute atomic E-state index is 10.1. The van der Waals surface area contributed by atoms with E-state index in [-0.39, 0.29) is 6.61 Å². The van der Waals surface area contributed by atoms with Gasteiger partial charge in [-0.15, -0.1) is 0 Å². The summed E-state index contributed by atoms with van der Waals surface area (Å²) in [5, 5.41) is 38.2. The summed E-state index contributed by atoms with van der Waals surface area (Å²) in [5.41, 5.74) is 0.913. The van der Waals surface area contributed by atoms with Crippen LogP contribution in [0.5, 0.6) is 0 Å². The Morgan fingerprint density at radius 2 is 2.00 bits per heavy atom. The van der Waals surface area contributed by atoms with E-state index in [1.165, 1.54) is 17.2 Å². The minimum Gasteiger partial charge on any atom is -0.395 e. The maximum atomic E-state index is 10.1. The highest BCUT2D eigenvalue weighted by Crippen LogP contribution is 2.32. The lowest BCUT2D eigenvalue weighted by Gasteiger charge is -2.18. The standard InChI is InChI=1S/C13H19N5O5/c1-17(2-3-19)11-8-12(15-5-14-11)18(6-16-8)13-10(22)9(21)7(4-20)23-13/h5-7,9-10,13,19-22H,2-4H2,1H3. The number of hydrogen-bond acceptors (Lipinski definition) is 9. The number of rotatable bonds is 5. The molecular formula is C13H19N5O5. The molecule has 1 saturated heterocycles. The van der Waals surface area contributed by atoms with Crippen molar-refractivity contribution in [2.45, 2.75) is 24.5 Å². The summed E-state index contributed by atoms with van der Waals surface area (Å²) in [6.07, 6.45) is -1.39. The van der Waals surface area contributed by atoms with Gasteiger partial charge in [0.15, 0.2) is 23.2 Å². The van der Waals surface area contributed by atoms with Crippen molar-refractivity contribution >= 4 is 17.0 Å². The van der Waals surface area contributed by atoms with Gasteiger partial charge in [-0.05, 0) is 0 Å². The summed E-state index contributed by atoms with van der Waals surface area (Å²) >= 11 is 0. The molecule has 2 aromatic heterocycles.